The summed E-state index contributed by atoms with van der Waals surface area (Å²) in [6.07, 6.45) is 2.13. The van der Waals surface area contributed by atoms with E-state index in [2.05, 4.69) is 5.32 Å². The zero-order valence-electron chi connectivity index (χ0n) is 12.9. The average Bonchev–Trinajstić information content (AvgIpc) is 3.07. The second-order valence-electron chi connectivity index (χ2n) is 5.19. The lowest BCUT2D eigenvalue weighted by Gasteiger charge is -2.05. The first-order valence-electron chi connectivity index (χ1n) is 7.31. The molecule has 2 rings (SSSR count). The molecule has 2 aromatic rings. The van der Waals surface area contributed by atoms with Gasteiger partial charge in [-0.05, 0) is 36.2 Å². The van der Waals surface area contributed by atoms with Gasteiger partial charge in [0.1, 0.15) is 0 Å². The zero-order chi connectivity index (χ0) is 17.6. The lowest BCUT2D eigenvalue weighted by Crippen LogP contribution is -2.26. The van der Waals surface area contributed by atoms with Gasteiger partial charge in [0.05, 0.1) is 11.2 Å². The normalized spacial score (nSPS) is 11.2. The van der Waals surface area contributed by atoms with Crippen LogP contribution < -0.4 is 10.5 Å². The molecule has 0 aliphatic heterocycles. The number of primary sulfonamides is 1. The molecule has 0 aliphatic rings. The van der Waals surface area contributed by atoms with Gasteiger partial charge < -0.3 is 9.73 Å². The summed E-state index contributed by atoms with van der Waals surface area (Å²) in [5.74, 6) is -0.192. The van der Waals surface area contributed by atoms with Crippen molar-refractivity contribution < 1.29 is 22.4 Å². The number of furan rings is 1. The van der Waals surface area contributed by atoms with Gasteiger partial charge in [-0.15, -0.1) is 0 Å². The maximum absolute atomic E-state index is 11.7. The molecular formula is C16H18N2O5S. The highest BCUT2D eigenvalue weighted by atomic mass is 32.2. The molecule has 0 atom stereocenters. The summed E-state index contributed by atoms with van der Waals surface area (Å²) in [6, 6.07) is 9.32. The Morgan fingerprint density at radius 3 is 2.38 bits per heavy atom. The fourth-order valence-electron chi connectivity index (χ4n) is 2.07. The van der Waals surface area contributed by atoms with E-state index in [-0.39, 0.29) is 35.2 Å². The minimum Gasteiger partial charge on any atom is -0.461 e. The van der Waals surface area contributed by atoms with Crippen LogP contribution in [0.2, 0.25) is 0 Å². The number of amides is 1. The first kappa shape index (κ1) is 17.9. The summed E-state index contributed by atoms with van der Waals surface area (Å²) in [5.41, 5.74) is 0.870. The van der Waals surface area contributed by atoms with Crippen LogP contribution in [0.25, 0.3) is 0 Å². The quantitative estimate of drug-likeness (QED) is 0.694. The van der Waals surface area contributed by atoms with Crippen molar-refractivity contribution in [2.45, 2.75) is 24.2 Å². The molecule has 24 heavy (non-hydrogen) atoms. The van der Waals surface area contributed by atoms with E-state index in [9.17, 15) is 18.0 Å². The molecule has 0 unspecified atom stereocenters. The molecule has 1 aromatic heterocycles. The average molecular weight is 350 g/mol. The van der Waals surface area contributed by atoms with Gasteiger partial charge in [0, 0.05) is 19.4 Å². The smallest absolute Gasteiger partial charge is 0.238 e. The highest BCUT2D eigenvalue weighted by molar-refractivity contribution is 7.89. The number of benzene rings is 1. The molecule has 0 spiro atoms. The van der Waals surface area contributed by atoms with E-state index in [1.165, 1.54) is 18.4 Å². The molecule has 1 heterocycles. The number of Topliss-reactive ketones (excluding diaryl/α,β-unsaturated/α-hetero) is 1. The Morgan fingerprint density at radius 2 is 1.79 bits per heavy atom. The first-order chi connectivity index (χ1) is 11.4. The van der Waals surface area contributed by atoms with Gasteiger partial charge >= 0.3 is 0 Å². The fourth-order valence-corrected chi connectivity index (χ4v) is 2.58. The van der Waals surface area contributed by atoms with Crippen molar-refractivity contribution >= 4 is 21.7 Å². The summed E-state index contributed by atoms with van der Waals surface area (Å²) in [4.78, 5) is 23.4. The molecule has 0 aliphatic carbocycles. The number of nitrogens with one attached hydrogen (secondary N) is 1. The SMILES string of the molecule is NS(=O)(=O)c1ccc(CCNC(=O)CCC(=O)c2ccco2)cc1. The Kier molecular flexibility index (Phi) is 5.88. The Bertz CT molecular complexity index is 796. The number of nitrogens with two attached hydrogens (primary N) is 1. The maximum atomic E-state index is 11.7. The van der Waals surface area contributed by atoms with Crippen LogP contribution in [0.15, 0.2) is 52.0 Å². The van der Waals surface area contributed by atoms with Crippen LogP contribution in [-0.2, 0) is 21.2 Å². The van der Waals surface area contributed by atoms with Crippen molar-refractivity contribution in [1.82, 2.24) is 5.32 Å². The largest absolute Gasteiger partial charge is 0.461 e. The minimum atomic E-state index is -3.70. The number of carbonyl (C=O) groups is 2. The van der Waals surface area contributed by atoms with E-state index in [1.54, 1.807) is 24.3 Å². The van der Waals surface area contributed by atoms with Crippen molar-refractivity contribution in [2.75, 3.05) is 6.54 Å². The zero-order valence-corrected chi connectivity index (χ0v) is 13.7. The molecule has 3 N–H and O–H groups in total. The molecule has 0 fully saturated rings. The van der Waals surface area contributed by atoms with Crippen LogP contribution in [0, 0.1) is 0 Å². The third kappa shape index (κ3) is 5.32. The summed E-state index contributed by atoms with van der Waals surface area (Å²) in [5, 5.41) is 7.73. The molecular weight excluding hydrogens is 332 g/mol. The second-order valence-corrected chi connectivity index (χ2v) is 6.75. The van der Waals surface area contributed by atoms with Crippen LogP contribution in [0.1, 0.15) is 29.0 Å². The lowest BCUT2D eigenvalue weighted by atomic mass is 10.1. The lowest BCUT2D eigenvalue weighted by molar-refractivity contribution is -0.121. The van der Waals surface area contributed by atoms with Crippen LogP contribution in [-0.4, -0.2) is 26.7 Å². The van der Waals surface area contributed by atoms with Gasteiger partial charge in [-0.3, -0.25) is 9.59 Å². The van der Waals surface area contributed by atoms with Gasteiger partial charge in [0.15, 0.2) is 11.5 Å². The topological polar surface area (TPSA) is 119 Å². The van der Waals surface area contributed by atoms with Gasteiger partial charge in [-0.2, -0.15) is 0 Å². The van der Waals surface area contributed by atoms with Crippen molar-refractivity contribution in [3.63, 3.8) is 0 Å². The van der Waals surface area contributed by atoms with E-state index in [0.717, 1.165) is 5.56 Å². The molecule has 7 nitrogen and oxygen atoms in total. The van der Waals surface area contributed by atoms with E-state index in [1.807, 2.05) is 0 Å². The summed E-state index contributed by atoms with van der Waals surface area (Å²) >= 11 is 0. The highest BCUT2D eigenvalue weighted by Crippen LogP contribution is 2.09. The minimum absolute atomic E-state index is 0.0479. The van der Waals surface area contributed by atoms with Crippen molar-refractivity contribution in [3.05, 3.63) is 54.0 Å². The predicted octanol–water partition coefficient (Wildman–Crippen LogP) is 1.25. The van der Waals surface area contributed by atoms with Crippen LogP contribution in [0.5, 0.6) is 0 Å². The van der Waals surface area contributed by atoms with E-state index < -0.39 is 10.0 Å². The molecule has 0 radical (unpaired) electrons. The summed E-state index contributed by atoms with van der Waals surface area (Å²) in [7, 11) is -3.70. The number of hydrogen-bond donors (Lipinski definition) is 2. The summed E-state index contributed by atoms with van der Waals surface area (Å²) < 4.78 is 27.3. The fraction of sp³-hybridized carbons (Fsp3) is 0.250. The standard InChI is InChI=1S/C16H18N2O5S/c17-24(21,22)13-5-3-12(4-6-13)9-10-18-16(20)8-7-14(19)15-2-1-11-23-15/h1-6,11H,7-10H2,(H,18,20)(H2,17,21,22). The number of sulfonamides is 1. The summed E-state index contributed by atoms with van der Waals surface area (Å²) in [6.45, 7) is 0.391. The number of ketones is 1. The van der Waals surface area contributed by atoms with E-state index >= 15 is 0 Å². The molecule has 0 saturated carbocycles. The van der Waals surface area contributed by atoms with Crippen LogP contribution in [0.3, 0.4) is 0 Å². The Balaban J connectivity index is 1.72. The highest BCUT2D eigenvalue weighted by Gasteiger charge is 2.11. The van der Waals surface area contributed by atoms with Crippen molar-refractivity contribution in [3.8, 4) is 0 Å². The number of rotatable bonds is 8. The molecule has 0 saturated heterocycles. The Hall–Kier alpha value is -2.45. The van der Waals surface area contributed by atoms with Crippen molar-refractivity contribution in [2.24, 2.45) is 5.14 Å². The molecule has 0 bridgehead atoms. The molecule has 128 valence electrons. The molecule has 1 amide bonds. The second kappa shape index (κ2) is 7.89. The van der Waals surface area contributed by atoms with Crippen LogP contribution >= 0.6 is 0 Å². The van der Waals surface area contributed by atoms with Gasteiger partial charge in [-0.1, -0.05) is 12.1 Å². The number of hydrogen-bond acceptors (Lipinski definition) is 5. The monoisotopic (exact) mass is 350 g/mol. The van der Waals surface area contributed by atoms with Gasteiger partial charge in [-0.25, -0.2) is 13.6 Å². The molecule has 1 aromatic carbocycles. The first-order valence-corrected chi connectivity index (χ1v) is 8.86. The molecule has 8 heteroatoms. The van der Waals surface area contributed by atoms with E-state index in [0.29, 0.717) is 13.0 Å². The Morgan fingerprint density at radius 1 is 1.08 bits per heavy atom. The van der Waals surface area contributed by atoms with Gasteiger partial charge in [0.2, 0.25) is 15.9 Å². The van der Waals surface area contributed by atoms with Crippen molar-refractivity contribution in [1.29, 1.82) is 0 Å². The predicted molar refractivity (Wildman–Crippen MR) is 86.8 cm³/mol. The third-order valence-corrected chi connectivity index (χ3v) is 4.29. The third-order valence-electron chi connectivity index (χ3n) is 3.36. The van der Waals surface area contributed by atoms with Gasteiger partial charge in [0.25, 0.3) is 0 Å². The maximum Gasteiger partial charge on any atom is 0.238 e. The number of carbonyl (C=O) groups excluding carboxylic acids is 2. The van der Waals surface area contributed by atoms with E-state index in [4.69, 9.17) is 9.56 Å². The van der Waals surface area contributed by atoms with Crippen LogP contribution in [0.4, 0.5) is 0 Å². The Labute approximate surface area is 139 Å².